The number of rotatable bonds is 4. The minimum Gasteiger partial charge on any atom is -0.438 e. The van der Waals surface area contributed by atoms with E-state index in [2.05, 4.69) is 4.98 Å². The molecule has 1 amide bonds. The maximum absolute atomic E-state index is 13.3. The van der Waals surface area contributed by atoms with Gasteiger partial charge in [0.2, 0.25) is 5.88 Å². The largest absolute Gasteiger partial charge is 0.438 e. The zero-order valence-electron chi connectivity index (χ0n) is 17.2. The van der Waals surface area contributed by atoms with E-state index in [0.29, 0.717) is 32.0 Å². The van der Waals surface area contributed by atoms with Crippen molar-refractivity contribution in [2.75, 3.05) is 26.3 Å². The van der Waals surface area contributed by atoms with E-state index in [-0.39, 0.29) is 22.8 Å². The minimum absolute atomic E-state index is 0.0596. The van der Waals surface area contributed by atoms with Gasteiger partial charge >= 0.3 is 0 Å². The number of halogens is 1. The molecule has 1 saturated heterocycles. The quantitative estimate of drug-likeness (QED) is 0.463. The third-order valence-electron chi connectivity index (χ3n) is 5.02. The summed E-state index contributed by atoms with van der Waals surface area (Å²) in [4.78, 5) is 32.1. The molecular formula is C23H19FN4O4. The molecule has 0 spiro atoms. The van der Waals surface area contributed by atoms with Gasteiger partial charge < -0.3 is 14.4 Å². The van der Waals surface area contributed by atoms with Gasteiger partial charge in [0.05, 0.1) is 13.2 Å². The first-order chi connectivity index (χ1) is 15.5. The third kappa shape index (κ3) is 4.22. The van der Waals surface area contributed by atoms with Gasteiger partial charge in [0.25, 0.3) is 11.5 Å². The molecule has 0 N–H and O–H groups in total. The first kappa shape index (κ1) is 21.2. The first-order valence-electron chi connectivity index (χ1n) is 9.92. The highest BCUT2D eigenvalue weighted by Gasteiger charge is 2.23. The number of benzene rings is 1. The van der Waals surface area contributed by atoms with E-state index < -0.39 is 17.3 Å². The predicted octanol–water partition coefficient (Wildman–Crippen LogP) is 2.70. The van der Waals surface area contributed by atoms with Crippen LogP contribution in [0.25, 0.3) is 11.7 Å². The van der Waals surface area contributed by atoms with Gasteiger partial charge in [0, 0.05) is 19.3 Å². The number of fused-ring (bicyclic) bond motifs is 1. The Hall–Kier alpha value is -4.03. The second-order valence-electron chi connectivity index (χ2n) is 7.15. The molecule has 32 heavy (non-hydrogen) atoms. The molecule has 1 aromatic carbocycles. The van der Waals surface area contributed by atoms with Crippen molar-refractivity contribution in [3.63, 3.8) is 0 Å². The van der Waals surface area contributed by atoms with E-state index in [9.17, 15) is 19.2 Å². The van der Waals surface area contributed by atoms with E-state index >= 15 is 0 Å². The van der Waals surface area contributed by atoms with Crippen LogP contribution in [0.15, 0.2) is 53.0 Å². The molecule has 0 saturated carbocycles. The van der Waals surface area contributed by atoms with Crippen molar-refractivity contribution < 1.29 is 18.7 Å². The van der Waals surface area contributed by atoms with E-state index in [1.165, 1.54) is 39.6 Å². The van der Waals surface area contributed by atoms with Gasteiger partial charge in [-0.1, -0.05) is 6.07 Å². The summed E-state index contributed by atoms with van der Waals surface area (Å²) in [6, 6.07) is 10.6. The molecular weight excluding hydrogens is 415 g/mol. The Kier molecular flexibility index (Phi) is 5.96. The zero-order valence-corrected chi connectivity index (χ0v) is 17.2. The van der Waals surface area contributed by atoms with Crippen molar-refractivity contribution in [2.45, 2.75) is 6.92 Å². The van der Waals surface area contributed by atoms with Crippen LogP contribution in [0, 0.1) is 24.1 Å². The summed E-state index contributed by atoms with van der Waals surface area (Å²) in [5.74, 6) is -0.776. The lowest BCUT2D eigenvalue weighted by Gasteiger charge is -2.26. The fraction of sp³-hybridized carbons (Fsp3) is 0.217. The number of hydrogen-bond donors (Lipinski definition) is 0. The predicted molar refractivity (Wildman–Crippen MR) is 114 cm³/mol. The minimum atomic E-state index is -0.503. The summed E-state index contributed by atoms with van der Waals surface area (Å²) in [5.41, 5.74) is 0.315. The van der Waals surface area contributed by atoms with Gasteiger partial charge in [-0.05, 0) is 48.9 Å². The normalized spacial score (nSPS) is 14.3. The fourth-order valence-electron chi connectivity index (χ4n) is 3.33. The maximum atomic E-state index is 13.3. The molecule has 1 aliphatic rings. The monoisotopic (exact) mass is 434 g/mol. The van der Waals surface area contributed by atoms with Crippen molar-refractivity contribution >= 4 is 17.6 Å². The van der Waals surface area contributed by atoms with E-state index in [0.717, 1.165) is 5.56 Å². The fourth-order valence-corrected chi connectivity index (χ4v) is 3.33. The smallest absolute Gasteiger partial charge is 0.269 e. The summed E-state index contributed by atoms with van der Waals surface area (Å²) < 4.78 is 25.7. The summed E-state index contributed by atoms with van der Waals surface area (Å²) in [6.07, 6.45) is 2.74. The van der Waals surface area contributed by atoms with Crippen LogP contribution in [0.3, 0.4) is 0 Å². The summed E-state index contributed by atoms with van der Waals surface area (Å²) >= 11 is 0. The Labute approximate surface area is 182 Å². The number of nitrogens with zero attached hydrogens (tertiary/aromatic N) is 4. The van der Waals surface area contributed by atoms with Crippen molar-refractivity contribution in [1.29, 1.82) is 5.26 Å². The van der Waals surface area contributed by atoms with Crippen molar-refractivity contribution in [3.8, 4) is 17.7 Å². The number of carbonyl (C=O) groups excluding carboxylic acids is 1. The van der Waals surface area contributed by atoms with E-state index in [4.69, 9.17) is 9.47 Å². The summed E-state index contributed by atoms with van der Waals surface area (Å²) in [7, 11) is 0. The number of ether oxygens (including phenoxy) is 2. The van der Waals surface area contributed by atoms with Gasteiger partial charge in [-0.2, -0.15) is 10.2 Å². The average Bonchev–Trinajstić information content (AvgIpc) is 2.81. The molecule has 3 heterocycles. The molecule has 2 aromatic heterocycles. The Morgan fingerprint density at radius 3 is 2.66 bits per heavy atom. The second kappa shape index (κ2) is 8.99. The van der Waals surface area contributed by atoms with Gasteiger partial charge in [0.1, 0.15) is 34.4 Å². The highest BCUT2D eigenvalue weighted by atomic mass is 19.1. The molecule has 0 atom stereocenters. The number of hydrogen-bond acceptors (Lipinski definition) is 6. The Morgan fingerprint density at radius 1 is 1.25 bits per heavy atom. The lowest BCUT2D eigenvalue weighted by molar-refractivity contribution is -0.130. The van der Waals surface area contributed by atoms with E-state index in [1.807, 2.05) is 6.07 Å². The molecule has 0 radical (unpaired) electrons. The number of nitriles is 1. The second-order valence-corrected chi connectivity index (χ2v) is 7.15. The van der Waals surface area contributed by atoms with Gasteiger partial charge in [-0.15, -0.1) is 0 Å². The molecule has 9 heteroatoms. The lowest BCUT2D eigenvalue weighted by atomic mass is 10.1. The summed E-state index contributed by atoms with van der Waals surface area (Å²) in [5, 5.41) is 9.64. The Morgan fingerprint density at radius 2 is 1.97 bits per heavy atom. The third-order valence-corrected chi connectivity index (χ3v) is 5.02. The molecule has 8 nitrogen and oxygen atoms in total. The standard InChI is InChI=1S/C23H19FN4O4/c1-15-3-2-8-28-20(15)26-21(32-18-6-4-17(24)5-7-18)19(23(28)30)13-16(14-25)22(29)27-9-11-31-12-10-27/h2-8,13H,9-12H2,1H3/b16-13+. The van der Waals surface area contributed by atoms with Crippen LogP contribution in [0.4, 0.5) is 4.39 Å². The number of aryl methyl sites for hydroxylation is 1. The van der Waals surface area contributed by atoms with Crippen molar-refractivity contribution in [3.05, 3.63) is 75.5 Å². The number of aromatic nitrogens is 2. The average molecular weight is 434 g/mol. The first-order valence-corrected chi connectivity index (χ1v) is 9.92. The molecule has 0 aliphatic carbocycles. The summed E-state index contributed by atoms with van der Waals surface area (Å²) in [6.45, 7) is 3.25. The lowest BCUT2D eigenvalue weighted by Crippen LogP contribution is -2.41. The SMILES string of the molecule is Cc1cccn2c(=O)c(/C=C(\C#N)C(=O)N3CCOCC3)c(Oc3ccc(F)cc3)nc12. The van der Waals surface area contributed by atoms with Crippen LogP contribution in [0.1, 0.15) is 11.1 Å². The highest BCUT2D eigenvalue weighted by molar-refractivity contribution is 6.02. The molecule has 0 bridgehead atoms. The molecule has 3 aromatic rings. The van der Waals surface area contributed by atoms with Crippen LogP contribution in [-0.2, 0) is 9.53 Å². The molecule has 0 unspecified atom stereocenters. The zero-order chi connectivity index (χ0) is 22.7. The van der Waals surface area contributed by atoms with Crippen LogP contribution >= 0.6 is 0 Å². The Balaban J connectivity index is 1.85. The van der Waals surface area contributed by atoms with Crippen molar-refractivity contribution in [1.82, 2.24) is 14.3 Å². The van der Waals surface area contributed by atoms with Gasteiger partial charge in [-0.3, -0.25) is 14.0 Å². The molecule has 4 rings (SSSR count). The van der Waals surface area contributed by atoms with Gasteiger partial charge in [-0.25, -0.2) is 4.39 Å². The highest BCUT2D eigenvalue weighted by Crippen LogP contribution is 2.25. The van der Waals surface area contributed by atoms with Crippen LogP contribution in [0.5, 0.6) is 11.6 Å². The number of pyridine rings is 1. The number of carbonyl (C=O) groups is 1. The number of morpholine rings is 1. The molecule has 162 valence electrons. The molecule has 1 fully saturated rings. The number of amides is 1. The molecule has 1 aliphatic heterocycles. The van der Waals surface area contributed by atoms with Gasteiger partial charge in [0.15, 0.2) is 0 Å². The van der Waals surface area contributed by atoms with Crippen LogP contribution in [-0.4, -0.2) is 46.5 Å². The maximum Gasteiger partial charge on any atom is 0.269 e. The van der Waals surface area contributed by atoms with Crippen LogP contribution < -0.4 is 10.3 Å². The van der Waals surface area contributed by atoms with Crippen LogP contribution in [0.2, 0.25) is 0 Å². The van der Waals surface area contributed by atoms with Crippen molar-refractivity contribution in [2.24, 2.45) is 0 Å². The Bertz CT molecular complexity index is 1300. The topological polar surface area (TPSA) is 96.9 Å². The van der Waals surface area contributed by atoms with E-state index in [1.54, 1.807) is 25.3 Å².